The van der Waals surface area contributed by atoms with E-state index in [9.17, 15) is 4.79 Å². The number of aromatic nitrogens is 2. The first-order valence-electron chi connectivity index (χ1n) is 6.32. The number of amides is 1. The largest absolute Gasteiger partial charge is 0.444 e. The molecule has 19 heavy (non-hydrogen) atoms. The Morgan fingerprint density at radius 2 is 2.37 bits per heavy atom. The van der Waals surface area contributed by atoms with Gasteiger partial charge in [0.25, 0.3) is 0 Å². The number of hydrogen-bond donors (Lipinski definition) is 2. The van der Waals surface area contributed by atoms with Crippen molar-refractivity contribution in [3.63, 3.8) is 0 Å². The summed E-state index contributed by atoms with van der Waals surface area (Å²) in [7, 11) is 0. The Hall–Kier alpha value is -0.990. The standard InChI is InChI=1S/C12H19IN4O2/c1-12(2,3)19-11(18)17-6-4-5-8(17)10-14-7-9(15-10)16-13/h7-8,16H,4-6H2,1-3H3,(H,14,15)/t8-/m0/s1. The molecule has 7 heteroatoms. The molecule has 1 saturated heterocycles. The number of carbonyl (C=O) groups excluding carboxylic acids is 1. The number of likely N-dealkylation sites (tertiary alicyclic amines) is 1. The van der Waals surface area contributed by atoms with Crippen LogP contribution in [0.4, 0.5) is 10.6 Å². The fourth-order valence-electron chi connectivity index (χ4n) is 2.14. The number of carbonyl (C=O) groups is 1. The molecule has 106 valence electrons. The molecule has 1 aliphatic rings. The van der Waals surface area contributed by atoms with Crippen molar-refractivity contribution in [1.82, 2.24) is 14.9 Å². The van der Waals surface area contributed by atoms with Crippen molar-refractivity contribution in [1.29, 1.82) is 0 Å². The third kappa shape index (κ3) is 3.52. The zero-order valence-electron chi connectivity index (χ0n) is 11.4. The maximum Gasteiger partial charge on any atom is 0.410 e. The topological polar surface area (TPSA) is 70.2 Å². The van der Waals surface area contributed by atoms with Gasteiger partial charge in [-0.25, -0.2) is 9.78 Å². The highest BCUT2D eigenvalue weighted by Gasteiger charge is 2.34. The van der Waals surface area contributed by atoms with Gasteiger partial charge in [0.05, 0.1) is 35.1 Å². The second-order valence-corrected chi connectivity index (χ2v) is 6.15. The third-order valence-electron chi connectivity index (χ3n) is 2.89. The van der Waals surface area contributed by atoms with Crippen LogP contribution in [0, 0.1) is 0 Å². The van der Waals surface area contributed by atoms with Crippen molar-refractivity contribution < 1.29 is 9.53 Å². The maximum atomic E-state index is 12.2. The number of halogens is 1. The van der Waals surface area contributed by atoms with Crippen LogP contribution in [-0.4, -0.2) is 33.1 Å². The summed E-state index contributed by atoms with van der Waals surface area (Å²) in [6, 6.07) is -0.0200. The monoisotopic (exact) mass is 378 g/mol. The van der Waals surface area contributed by atoms with Gasteiger partial charge in [-0.05, 0) is 33.6 Å². The van der Waals surface area contributed by atoms with E-state index in [4.69, 9.17) is 4.74 Å². The molecule has 0 spiro atoms. The summed E-state index contributed by atoms with van der Waals surface area (Å²) in [5.41, 5.74) is -0.470. The highest BCUT2D eigenvalue weighted by atomic mass is 127. The van der Waals surface area contributed by atoms with E-state index in [-0.39, 0.29) is 12.1 Å². The molecular weight excluding hydrogens is 359 g/mol. The van der Waals surface area contributed by atoms with Gasteiger partial charge in [-0.2, -0.15) is 0 Å². The van der Waals surface area contributed by atoms with E-state index >= 15 is 0 Å². The Labute approximate surface area is 126 Å². The van der Waals surface area contributed by atoms with Crippen LogP contribution in [0.25, 0.3) is 0 Å². The number of rotatable bonds is 2. The van der Waals surface area contributed by atoms with E-state index in [0.29, 0.717) is 6.54 Å². The molecule has 0 aromatic carbocycles. The van der Waals surface area contributed by atoms with E-state index in [2.05, 4.69) is 13.5 Å². The summed E-state index contributed by atoms with van der Waals surface area (Å²) in [6.07, 6.45) is 3.34. The van der Waals surface area contributed by atoms with Crippen molar-refractivity contribution in [2.45, 2.75) is 45.3 Å². The summed E-state index contributed by atoms with van der Waals surface area (Å²) in [4.78, 5) is 21.4. The predicted molar refractivity (Wildman–Crippen MR) is 81.1 cm³/mol. The lowest BCUT2D eigenvalue weighted by molar-refractivity contribution is 0.0219. The highest BCUT2D eigenvalue weighted by molar-refractivity contribution is 14.1. The van der Waals surface area contributed by atoms with Gasteiger partial charge >= 0.3 is 6.09 Å². The summed E-state index contributed by atoms with van der Waals surface area (Å²) in [5.74, 6) is 1.65. The molecule has 1 amide bonds. The normalized spacial score (nSPS) is 19.6. The molecule has 2 rings (SSSR count). The minimum absolute atomic E-state index is 0.0200. The lowest BCUT2D eigenvalue weighted by atomic mass is 10.2. The number of ether oxygens (including phenoxy) is 1. The van der Waals surface area contributed by atoms with Gasteiger partial charge in [0.1, 0.15) is 17.2 Å². The number of hydrogen-bond acceptors (Lipinski definition) is 4. The average Bonchev–Trinajstić information content (AvgIpc) is 2.95. The Kier molecular flexibility index (Phi) is 4.22. The fraction of sp³-hybridized carbons (Fsp3) is 0.667. The van der Waals surface area contributed by atoms with E-state index in [0.717, 1.165) is 24.5 Å². The number of aromatic amines is 1. The molecule has 0 unspecified atom stereocenters. The summed E-state index contributed by atoms with van der Waals surface area (Å²) < 4.78 is 8.41. The van der Waals surface area contributed by atoms with Crippen LogP contribution in [-0.2, 0) is 4.74 Å². The number of H-pyrrole nitrogens is 1. The molecule has 1 aliphatic heterocycles. The van der Waals surface area contributed by atoms with Gasteiger partial charge < -0.3 is 13.3 Å². The number of anilines is 1. The van der Waals surface area contributed by atoms with Gasteiger partial charge in [0, 0.05) is 6.54 Å². The van der Waals surface area contributed by atoms with Crippen LogP contribution in [0.15, 0.2) is 6.20 Å². The predicted octanol–water partition coefficient (Wildman–Crippen LogP) is 3.24. The Morgan fingerprint density at radius 1 is 1.63 bits per heavy atom. The molecule has 2 N–H and O–H groups in total. The molecule has 0 bridgehead atoms. The fourth-order valence-corrected chi connectivity index (χ4v) is 2.42. The van der Waals surface area contributed by atoms with Crippen LogP contribution in [0.3, 0.4) is 0 Å². The summed E-state index contributed by atoms with van der Waals surface area (Å²) >= 11 is 2.04. The Bertz CT molecular complexity index is 455. The molecule has 0 aliphatic carbocycles. The maximum absolute atomic E-state index is 12.2. The van der Waals surface area contributed by atoms with E-state index < -0.39 is 5.60 Å². The van der Waals surface area contributed by atoms with Crippen LogP contribution < -0.4 is 3.53 Å². The van der Waals surface area contributed by atoms with Crippen LogP contribution in [0.2, 0.25) is 0 Å². The number of imidazole rings is 1. The van der Waals surface area contributed by atoms with Crippen LogP contribution >= 0.6 is 22.9 Å². The van der Waals surface area contributed by atoms with Crippen molar-refractivity contribution in [2.75, 3.05) is 10.1 Å². The zero-order valence-corrected chi connectivity index (χ0v) is 13.5. The van der Waals surface area contributed by atoms with Crippen molar-refractivity contribution in [3.05, 3.63) is 12.0 Å². The molecule has 1 atom stereocenters. The molecular formula is C12H19IN4O2. The molecule has 1 aromatic heterocycles. The first-order valence-corrected chi connectivity index (χ1v) is 7.40. The summed E-state index contributed by atoms with van der Waals surface area (Å²) in [6.45, 7) is 6.34. The molecule has 0 saturated carbocycles. The van der Waals surface area contributed by atoms with Gasteiger partial charge in [-0.1, -0.05) is 0 Å². The van der Waals surface area contributed by atoms with E-state index in [1.807, 2.05) is 43.6 Å². The smallest absolute Gasteiger partial charge is 0.410 e. The average molecular weight is 378 g/mol. The Morgan fingerprint density at radius 3 is 2.95 bits per heavy atom. The van der Waals surface area contributed by atoms with Crippen molar-refractivity contribution >= 4 is 34.8 Å². The van der Waals surface area contributed by atoms with Gasteiger partial charge in [0.2, 0.25) is 0 Å². The quantitative estimate of drug-likeness (QED) is 0.612. The summed E-state index contributed by atoms with van der Waals surface area (Å²) in [5, 5.41) is 0. The SMILES string of the molecule is CC(C)(C)OC(=O)N1CCC[C@H]1c1ncc(NI)[nH]1. The second kappa shape index (κ2) is 5.56. The van der Waals surface area contributed by atoms with Crippen LogP contribution in [0.1, 0.15) is 45.5 Å². The first kappa shape index (κ1) is 14.4. The van der Waals surface area contributed by atoms with Gasteiger partial charge in [-0.15, -0.1) is 0 Å². The number of nitrogens with zero attached hydrogens (tertiary/aromatic N) is 2. The van der Waals surface area contributed by atoms with Crippen molar-refractivity contribution in [3.8, 4) is 0 Å². The highest BCUT2D eigenvalue weighted by Crippen LogP contribution is 2.32. The minimum Gasteiger partial charge on any atom is -0.444 e. The molecule has 2 heterocycles. The van der Waals surface area contributed by atoms with Crippen molar-refractivity contribution in [2.24, 2.45) is 0 Å². The molecule has 1 fully saturated rings. The lowest BCUT2D eigenvalue weighted by Crippen LogP contribution is -2.36. The van der Waals surface area contributed by atoms with E-state index in [1.165, 1.54) is 0 Å². The minimum atomic E-state index is -0.470. The molecule has 1 aromatic rings. The molecule has 6 nitrogen and oxygen atoms in total. The lowest BCUT2D eigenvalue weighted by Gasteiger charge is -2.27. The number of nitrogens with one attached hydrogen (secondary N) is 2. The van der Waals surface area contributed by atoms with Gasteiger partial charge in [-0.3, -0.25) is 4.90 Å². The molecule has 0 radical (unpaired) electrons. The zero-order chi connectivity index (χ0) is 14.0. The second-order valence-electron chi connectivity index (χ2n) is 5.61. The van der Waals surface area contributed by atoms with Crippen LogP contribution in [0.5, 0.6) is 0 Å². The third-order valence-corrected chi connectivity index (χ3v) is 3.47. The first-order chi connectivity index (χ1) is 8.90. The van der Waals surface area contributed by atoms with E-state index in [1.54, 1.807) is 11.1 Å². The Balaban J connectivity index is 2.10. The van der Waals surface area contributed by atoms with Gasteiger partial charge in [0.15, 0.2) is 0 Å².